The lowest BCUT2D eigenvalue weighted by Crippen LogP contribution is -2.32. The number of methoxy groups -OCH3 is 1. The normalized spacial score (nSPS) is 16.1. The number of imidazole rings is 1. The van der Waals surface area contributed by atoms with E-state index >= 15 is 0 Å². The third-order valence-electron chi connectivity index (χ3n) is 7.06. The number of ether oxygens (including phenoxy) is 1. The van der Waals surface area contributed by atoms with Gasteiger partial charge in [0.25, 0.3) is 0 Å². The van der Waals surface area contributed by atoms with E-state index in [9.17, 15) is 0 Å². The van der Waals surface area contributed by atoms with Gasteiger partial charge in [0.05, 0.1) is 30.1 Å². The molecule has 3 heterocycles. The summed E-state index contributed by atoms with van der Waals surface area (Å²) in [5.74, 6) is 0.839. The van der Waals surface area contributed by atoms with Crippen molar-refractivity contribution in [2.24, 2.45) is 0 Å². The molecule has 5 rings (SSSR count). The van der Waals surface area contributed by atoms with Crippen LogP contribution in [0.2, 0.25) is 0 Å². The molecule has 0 saturated carbocycles. The van der Waals surface area contributed by atoms with Gasteiger partial charge in [-0.3, -0.25) is 4.90 Å². The Morgan fingerprint density at radius 3 is 2.31 bits per heavy atom. The number of likely N-dealkylation sites (N-methyl/N-ethyl adjacent to an activating group) is 1. The van der Waals surface area contributed by atoms with Crippen molar-refractivity contribution in [3.63, 3.8) is 0 Å². The van der Waals surface area contributed by atoms with Gasteiger partial charge >= 0.3 is 0 Å². The van der Waals surface area contributed by atoms with Gasteiger partial charge in [-0.15, -0.1) is 0 Å². The molecule has 1 unspecified atom stereocenters. The van der Waals surface area contributed by atoms with Crippen LogP contribution >= 0.6 is 0 Å². The van der Waals surface area contributed by atoms with Crippen LogP contribution in [0.3, 0.4) is 0 Å². The summed E-state index contributed by atoms with van der Waals surface area (Å²) in [5, 5.41) is 9.16. The lowest BCUT2D eigenvalue weighted by atomic mass is 10.0. The molecule has 0 amide bonds. The van der Waals surface area contributed by atoms with Gasteiger partial charge in [0.2, 0.25) is 0 Å². The van der Waals surface area contributed by atoms with Gasteiger partial charge in [0.1, 0.15) is 11.4 Å². The maximum Gasteiger partial charge on any atom is 0.137 e. The van der Waals surface area contributed by atoms with Crippen molar-refractivity contribution in [3.8, 4) is 34.2 Å². The van der Waals surface area contributed by atoms with E-state index in [1.54, 1.807) is 7.11 Å². The van der Waals surface area contributed by atoms with Gasteiger partial charge in [-0.2, -0.15) is 5.26 Å². The molecule has 1 fully saturated rings. The summed E-state index contributed by atoms with van der Waals surface area (Å²) in [5.41, 5.74) is 7.08. The minimum Gasteiger partial charge on any atom is -0.497 e. The van der Waals surface area contributed by atoms with Crippen LogP contribution in [-0.4, -0.2) is 59.5 Å². The van der Waals surface area contributed by atoms with Gasteiger partial charge in [0.15, 0.2) is 0 Å². The number of benzene rings is 2. The maximum absolute atomic E-state index is 9.16. The summed E-state index contributed by atoms with van der Waals surface area (Å²) in [4.78, 5) is 10.1. The van der Waals surface area contributed by atoms with Gasteiger partial charge in [-0.05, 0) is 86.6 Å². The molecule has 1 saturated heterocycles. The second-order valence-electron chi connectivity index (χ2n) is 9.28. The Morgan fingerprint density at radius 2 is 1.60 bits per heavy atom. The molecule has 2 aromatic carbocycles. The van der Waals surface area contributed by atoms with Crippen molar-refractivity contribution >= 4 is 5.65 Å². The number of hydrogen-bond acceptors (Lipinski definition) is 5. The molecule has 2 aromatic heterocycles. The predicted molar refractivity (Wildman–Crippen MR) is 139 cm³/mol. The molecule has 4 aromatic rings. The lowest BCUT2D eigenvalue weighted by molar-refractivity contribution is 0.213. The standard InChI is InChI=1S/C29H31N5O/c1-21(33-16-4-15-32(2)17-18-33)29-28(24-9-12-26(35-3)13-10-24)31-27-14-11-25(20-34(27)29)23-7-5-22(19-30)6-8-23/h5-14,20-21H,4,15-18H2,1-3H3. The van der Waals surface area contributed by atoms with Crippen LogP contribution < -0.4 is 4.74 Å². The fraction of sp³-hybridized carbons (Fsp3) is 0.310. The van der Waals surface area contributed by atoms with Crippen LogP contribution in [0.1, 0.15) is 30.6 Å². The first-order valence-corrected chi connectivity index (χ1v) is 12.2. The number of pyridine rings is 1. The zero-order valence-electron chi connectivity index (χ0n) is 20.6. The molecule has 6 heteroatoms. The minimum absolute atomic E-state index is 0.199. The Kier molecular flexibility index (Phi) is 6.54. The van der Waals surface area contributed by atoms with E-state index in [1.165, 1.54) is 5.69 Å². The van der Waals surface area contributed by atoms with Crippen molar-refractivity contribution in [1.82, 2.24) is 19.2 Å². The van der Waals surface area contributed by atoms with Crippen molar-refractivity contribution in [1.29, 1.82) is 5.26 Å². The number of rotatable bonds is 5. The maximum atomic E-state index is 9.16. The van der Waals surface area contributed by atoms with E-state index < -0.39 is 0 Å². The molecule has 35 heavy (non-hydrogen) atoms. The van der Waals surface area contributed by atoms with Gasteiger partial charge in [-0.1, -0.05) is 12.1 Å². The Hall–Kier alpha value is -3.66. The molecule has 0 bridgehead atoms. The average Bonchev–Trinajstić information content (AvgIpc) is 3.15. The van der Waals surface area contributed by atoms with Crippen molar-refractivity contribution in [3.05, 3.63) is 78.1 Å². The van der Waals surface area contributed by atoms with E-state index in [0.717, 1.165) is 66.4 Å². The van der Waals surface area contributed by atoms with Crippen LogP contribution in [0.4, 0.5) is 0 Å². The summed E-state index contributed by atoms with van der Waals surface area (Å²) >= 11 is 0. The molecule has 0 radical (unpaired) electrons. The molecule has 1 aliphatic rings. The Labute approximate surface area is 207 Å². The van der Waals surface area contributed by atoms with E-state index in [4.69, 9.17) is 15.0 Å². The SMILES string of the molecule is COc1ccc(-c2nc3ccc(-c4ccc(C#N)cc4)cn3c2C(C)N2CCCN(C)CC2)cc1. The Balaban J connectivity index is 1.63. The summed E-state index contributed by atoms with van der Waals surface area (Å²) < 4.78 is 7.64. The van der Waals surface area contributed by atoms with Crippen LogP contribution in [0, 0.1) is 11.3 Å². The molecular formula is C29H31N5O. The second-order valence-corrected chi connectivity index (χ2v) is 9.28. The number of fused-ring (bicyclic) bond motifs is 1. The van der Waals surface area contributed by atoms with Crippen LogP contribution in [0.5, 0.6) is 5.75 Å². The zero-order chi connectivity index (χ0) is 24.4. The van der Waals surface area contributed by atoms with Crippen LogP contribution in [0.15, 0.2) is 66.9 Å². The molecular weight excluding hydrogens is 434 g/mol. The minimum atomic E-state index is 0.199. The third-order valence-corrected chi connectivity index (χ3v) is 7.06. The lowest BCUT2D eigenvalue weighted by Gasteiger charge is -2.28. The van der Waals surface area contributed by atoms with Crippen molar-refractivity contribution in [2.45, 2.75) is 19.4 Å². The van der Waals surface area contributed by atoms with E-state index in [-0.39, 0.29) is 6.04 Å². The third kappa shape index (κ3) is 4.66. The first kappa shape index (κ1) is 23.1. The summed E-state index contributed by atoms with van der Waals surface area (Å²) in [6.07, 6.45) is 3.35. The molecule has 178 valence electrons. The van der Waals surface area contributed by atoms with E-state index in [0.29, 0.717) is 5.56 Å². The number of nitriles is 1. The fourth-order valence-electron chi connectivity index (χ4n) is 4.96. The molecule has 0 spiro atoms. The predicted octanol–water partition coefficient (Wildman–Crippen LogP) is 5.25. The molecule has 0 N–H and O–H groups in total. The first-order valence-electron chi connectivity index (χ1n) is 12.2. The number of hydrogen-bond donors (Lipinski definition) is 0. The van der Waals surface area contributed by atoms with Crippen LogP contribution in [0.25, 0.3) is 28.0 Å². The monoisotopic (exact) mass is 465 g/mol. The quantitative estimate of drug-likeness (QED) is 0.403. The average molecular weight is 466 g/mol. The fourth-order valence-corrected chi connectivity index (χ4v) is 4.96. The highest BCUT2D eigenvalue weighted by Gasteiger charge is 2.26. The van der Waals surface area contributed by atoms with Crippen molar-refractivity contribution in [2.75, 3.05) is 40.3 Å². The van der Waals surface area contributed by atoms with Crippen molar-refractivity contribution < 1.29 is 4.74 Å². The van der Waals surface area contributed by atoms with E-state index in [1.807, 2.05) is 36.4 Å². The smallest absolute Gasteiger partial charge is 0.137 e. The summed E-state index contributed by atoms with van der Waals surface area (Å²) in [7, 11) is 3.89. The van der Waals surface area contributed by atoms with E-state index in [2.05, 4.69) is 64.7 Å². The highest BCUT2D eigenvalue weighted by Crippen LogP contribution is 2.34. The Bertz CT molecular complexity index is 1350. The largest absolute Gasteiger partial charge is 0.497 e. The molecule has 1 aliphatic heterocycles. The topological polar surface area (TPSA) is 56.8 Å². The van der Waals surface area contributed by atoms with Crippen LogP contribution in [-0.2, 0) is 0 Å². The first-order chi connectivity index (χ1) is 17.1. The molecule has 6 nitrogen and oxygen atoms in total. The summed E-state index contributed by atoms with van der Waals surface area (Å²) in [6, 6.07) is 22.5. The van der Waals surface area contributed by atoms with Gasteiger partial charge in [0, 0.05) is 37.4 Å². The van der Waals surface area contributed by atoms with Gasteiger partial charge in [-0.25, -0.2) is 4.98 Å². The summed E-state index contributed by atoms with van der Waals surface area (Å²) in [6.45, 7) is 6.59. The molecule has 1 atom stereocenters. The Morgan fingerprint density at radius 1 is 0.886 bits per heavy atom. The zero-order valence-corrected chi connectivity index (χ0v) is 20.6. The molecule has 0 aliphatic carbocycles. The number of aromatic nitrogens is 2. The number of nitrogens with zero attached hydrogens (tertiary/aromatic N) is 5. The highest BCUT2D eigenvalue weighted by molar-refractivity contribution is 5.71. The second kappa shape index (κ2) is 9.91. The van der Waals surface area contributed by atoms with Gasteiger partial charge < -0.3 is 14.0 Å². The highest BCUT2D eigenvalue weighted by atomic mass is 16.5.